The first-order valence-corrected chi connectivity index (χ1v) is 5.08. The van der Waals surface area contributed by atoms with E-state index in [4.69, 9.17) is 17.3 Å². The molecule has 0 unspecified atom stereocenters. The highest BCUT2D eigenvalue weighted by Crippen LogP contribution is 2.26. The average Bonchev–Trinajstić information content (AvgIpc) is 2.04. The molecule has 1 rings (SSSR count). The van der Waals surface area contributed by atoms with Gasteiger partial charge in [0.2, 0.25) is 0 Å². The van der Waals surface area contributed by atoms with Crippen molar-refractivity contribution >= 4 is 39.9 Å². The summed E-state index contributed by atoms with van der Waals surface area (Å²) in [6, 6.07) is 5.05. The predicted molar refractivity (Wildman–Crippen MR) is 63.9 cm³/mol. The van der Waals surface area contributed by atoms with Crippen LogP contribution in [0.5, 0.6) is 0 Å². The van der Waals surface area contributed by atoms with Gasteiger partial charge in [0.1, 0.15) is 0 Å². The molecule has 1 aromatic carbocycles. The molecule has 0 aliphatic rings. The van der Waals surface area contributed by atoms with Crippen molar-refractivity contribution in [2.24, 2.45) is 5.73 Å². The lowest BCUT2D eigenvalue weighted by Crippen LogP contribution is -2.11. The number of hydrogen-bond acceptors (Lipinski definition) is 1. The van der Waals surface area contributed by atoms with Crippen molar-refractivity contribution in [1.82, 2.24) is 0 Å². The Morgan fingerprint density at radius 3 is 2.64 bits per heavy atom. The Morgan fingerprint density at radius 2 is 2.14 bits per heavy atom. The lowest BCUT2D eigenvalue weighted by Gasteiger charge is -2.11. The second kappa shape index (κ2) is 6.62. The van der Waals surface area contributed by atoms with Crippen LogP contribution in [0.2, 0.25) is 5.02 Å². The SMILES string of the molecule is Cl.N[C@@H](CCF)c1ccc(Cl)cc1Br. The number of halogens is 4. The Balaban J connectivity index is 0.00000169. The summed E-state index contributed by atoms with van der Waals surface area (Å²) < 4.78 is 12.9. The molecule has 1 atom stereocenters. The fourth-order valence-electron chi connectivity index (χ4n) is 1.08. The minimum absolute atomic E-state index is 0. The summed E-state index contributed by atoms with van der Waals surface area (Å²) in [5.74, 6) is 0. The van der Waals surface area contributed by atoms with Crippen LogP contribution in [0.1, 0.15) is 18.0 Å². The molecule has 0 aliphatic carbocycles. The molecule has 0 heterocycles. The van der Waals surface area contributed by atoms with E-state index in [1.54, 1.807) is 12.1 Å². The van der Waals surface area contributed by atoms with Crippen LogP contribution in [0.3, 0.4) is 0 Å². The molecule has 5 heteroatoms. The van der Waals surface area contributed by atoms with Crippen LogP contribution in [-0.4, -0.2) is 6.67 Å². The number of benzene rings is 1. The van der Waals surface area contributed by atoms with E-state index in [1.807, 2.05) is 6.07 Å². The van der Waals surface area contributed by atoms with Crippen molar-refractivity contribution in [3.8, 4) is 0 Å². The lowest BCUT2D eigenvalue weighted by molar-refractivity contribution is 0.441. The molecule has 0 amide bonds. The van der Waals surface area contributed by atoms with Gasteiger partial charge in [0, 0.05) is 15.5 Å². The smallest absolute Gasteiger partial charge is 0.0912 e. The van der Waals surface area contributed by atoms with Gasteiger partial charge in [-0.2, -0.15) is 0 Å². The monoisotopic (exact) mass is 301 g/mol. The maximum absolute atomic E-state index is 12.0. The standard InChI is InChI=1S/C9H10BrClFN.ClH/c10-8-5-6(11)1-2-7(8)9(13)3-4-12;/h1-2,5,9H,3-4,13H2;1H/t9-;/m0./s1. The number of rotatable bonds is 3. The summed E-state index contributed by atoms with van der Waals surface area (Å²) in [5, 5.41) is 0.642. The molecule has 0 saturated heterocycles. The van der Waals surface area contributed by atoms with E-state index in [0.29, 0.717) is 11.4 Å². The second-order valence-electron chi connectivity index (χ2n) is 2.75. The molecular weight excluding hydrogens is 292 g/mol. The molecule has 80 valence electrons. The van der Waals surface area contributed by atoms with Crippen LogP contribution in [0.25, 0.3) is 0 Å². The van der Waals surface area contributed by atoms with Crippen LogP contribution in [0.15, 0.2) is 22.7 Å². The summed E-state index contributed by atoms with van der Waals surface area (Å²) in [7, 11) is 0. The van der Waals surface area contributed by atoms with Gasteiger partial charge in [-0.3, -0.25) is 4.39 Å². The summed E-state index contributed by atoms with van der Waals surface area (Å²) in [6.07, 6.45) is 0.334. The average molecular weight is 303 g/mol. The first-order chi connectivity index (χ1) is 6.15. The molecule has 0 saturated carbocycles. The Kier molecular flexibility index (Phi) is 6.70. The molecule has 0 aliphatic heterocycles. The molecule has 2 N–H and O–H groups in total. The second-order valence-corrected chi connectivity index (χ2v) is 4.04. The molecule has 0 spiro atoms. The minimum atomic E-state index is -0.407. The lowest BCUT2D eigenvalue weighted by atomic mass is 10.1. The van der Waals surface area contributed by atoms with Gasteiger partial charge in [-0.15, -0.1) is 12.4 Å². The Hall–Kier alpha value is 0.170. The molecule has 14 heavy (non-hydrogen) atoms. The third-order valence-electron chi connectivity index (χ3n) is 1.78. The van der Waals surface area contributed by atoms with Gasteiger partial charge < -0.3 is 5.73 Å². The molecular formula is C9H11BrCl2FN. The quantitative estimate of drug-likeness (QED) is 0.901. The fourth-order valence-corrected chi connectivity index (χ4v) is 2.05. The zero-order valence-electron chi connectivity index (χ0n) is 7.34. The summed E-state index contributed by atoms with van der Waals surface area (Å²) >= 11 is 9.08. The highest BCUT2D eigenvalue weighted by Gasteiger charge is 2.09. The zero-order chi connectivity index (χ0) is 9.84. The first-order valence-electron chi connectivity index (χ1n) is 3.91. The van der Waals surface area contributed by atoms with E-state index in [-0.39, 0.29) is 18.4 Å². The maximum atomic E-state index is 12.0. The third-order valence-corrected chi connectivity index (χ3v) is 2.70. The first kappa shape index (κ1) is 14.2. The highest BCUT2D eigenvalue weighted by atomic mass is 79.9. The molecule has 1 aromatic rings. The van der Waals surface area contributed by atoms with Crippen LogP contribution in [-0.2, 0) is 0 Å². The highest BCUT2D eigenvalue weighted by molar-refractivity contribution is 9.10. The van der Waals surface area contributed by atoms with Crippen molar-refractivity contribution < 1.29 is 4.39 Å². The van der Waals surface area contributed by atoms with Crippen LogP contribution >= 0.6 is 39.9 Å². The van der Waals surface area contributed by atoms with Crippen LogP contribution in [0.4, 0.5) is 4.39 Å². The number of alkyl halides is 1. The van der Waals surface area contributed by atoms with E-state index in [2.05, 4.69) is 15.9 Å². The minimum Gasteiger partial charge on any atom is -0.324 e. The summed E-state index contributed by atoms with van der Waals surface area (Å²) in [5.41, 5.74) is 6.63. The van der Waals surface area contributed by atoms with Gasteiger partial charge in [-0.25, -0.2) is 0 Å². The van der Waals surface area contributed by atoms with E-state index in [9.17, 15) is 4.39 Å². The fraction of sp³-hybridized carbons (Fsp3) is 0.333. The molecule has 0 fully saturated rings. The Morgan fingerprint density at radius 1 is 1.50 bits per heavy atom. The third kappa shape index (κ3) is 3.73. The van der Waals surface area contributed by atoms with E-state index >= 15 is 0 Å². The Bertz CT molecular complexity index is 296. The predicted octanol–water partition coefficient (Wildman–Crippen LogP) is 3.88. The maximum Gasteiger partial charge on any atom is 0.0912 e. The Labute approximate surface area is 102 Å². The van der Waals surface area contributed by atoms with Gasteiger partial charge in [0.15, 0.2) is 0 Å². The zero-order valence-corrected chi connectivity index (χ0v) is 10.5. The van der Waals surface area contributed by atoms with E-state index < -0.39 is 6.67 Å². The van der Waals surface area contributed by atoms with Crippen molar-refractivity contribution in [2.45, 2.75) is 12.5 Å². The normalized spacial score (nSPS) is 12.0. The molecule has 0 bridgehead atoms. The topological polar surface area (TPSA) is 26.0 Å². The van der Waals surface area contributed by atoms with Gasteiger partial charge in [0.05, 0.1) is 6.67 Å². The van der Waals surface area contributed by atoms with Gasteiger partial charge in [-0.05, 0) is 24.1 Å². The molecule has 0 radical (unpaired) electrons. The largest absolute Gasteiger partial charge is 0.324 e. The van der Waals surface area contributed by atoms with E-state index in [0.717, 1.165) is 10.0 Å². The van der Waals surface area contributed by atoms with Gasteiger partial charge in [0.25, 0.3) is 0 Å². The van der Waals surface area contributed by atoms with Crippen LogP contribution < -0.4 is 5.73 Å². The summed E-state index contributed by atoms with van der Waals surface area (Å²) in [6.45, 7) is -0.407. The summed E-state index contributed by atoms with van der Waals surface area (Å²) in [4.78, 5) is 0. The van der Waals surface area contributed by atoms with Crippen LogP contribution in [0, 0.1) is 0 Å². The van der Waals surface area contributed by atoms with E-state index in [1.165, 1.54) is 0 Å². The van der Waals surface area contributed by atoms with Gasteiger partial charge in [-0.1, -0.05) is 33.6 Å². The van der Waals surface area contributed by atoms with Crippen molar-refractivity contribution in [2.75, 3.05) is 6.67 Å². The number of hydrogen-bond donors (Lipinski definition) is 1. The van der Waals surface area contributed by atoms with Crippen molar-refractivity contribution in [3.63, 3.8) is 0 Å². The molecule has 1 nitrogen and oxygen atoms in total. The number of nitrogens with two attached hydrogens (primary N) is 1. The van der Waals surface area contributed by atoms with Crippen molar-refractivity contribution in [1.29, 1.82) is 0 Å². The van der Waals surface area contributed by atoms with Gasteiger partial charge >= 0.3 is 0 Å². The van der Waals surface area contributed by atoms with Crippen molar-refractivity contribution in [3.05, 3.63) is 33.3 Å². The molecule has 0 aromatic heterocycles.